The smallest absolute Gasteiger partial charge is 0.123 e. The Bertz CT molecular complexity index is 843. The standard InChI is InChI=1S/C17H15N3O/c1-21-16-6-5-12(10-18)9-14(16)11-20-8-7-13-3-2-4-15(19)17(13)20/h2-9H,11,19H2,1H3. The van der Waals surface area contributed by atoms with Crippen molar-refractivity contribution in [3.8, 4) is 11.8 Å². The maximum atomic E-state index is 9.05. The first-order valence-electron chi connectivity index (χ1n) is 6.63. The summed E-state index contributed by atoms with van der Waals surface area (Å²) in [6, 6.07) is 15.5. The summed E-state index contributed by atoms with van der Waals surface area (Å²) in [6.07, 6.45) is 2.00. The molecule has 0 radical (unpaired) electrons. The van der Waals surface area contributed by atoms with Gasteiger partial charge in [-0.25, -0.2) is 0 Å². The van der Waals surface area contributed by atoms with E-state index in [4.69, 9.17) is 15.7 Å². The Hall–Kier alpha value is -2.93. The Morgan fingerprint density at radius 1 is 1.24 bits per heavy atom. The van der Waals surface area contributed by atoms with E-state index >= 15 is 0 Å². The zero-order valence-corrected chi connectivity index (χ0v) is 11.7. The van der Waals surface area contributed by atoms with Crippen LogP contribution in [0.25, 0.3) is 10.9 Å². The monoisotopic (exact) mass is 277 g/mol. The fourth-order valence-corrected chi connectivity index (χ4v) is 2.58. The molecule has 0 fully saturated rings. The van der Waals surface area contributed by atoms with Crippen LogP contribution >= 0.6 is 0 Å². The number of nitrogen functional groups attached to an aromatic ring is 1. The van der Waals surface area contributed by atoms with Crippen LogP contribution in [-0.2, 0) is 6.54 Å². The maximum absolute atomic E-state index is 9.05. The second-order valence-electron chi connectivity index (χ2n) is 4.87. The summed E-state index contributed by atoms with van der Waals surface area (Å²) in [5.41, 5.74) is 9.40. The molecule has 2 N–H and O–H groups in total. The molecule has 0 aliphatic rings. The Labute approximate surface area is 123 Å². The van der Waals surface area contributed by atoms with E-state index in [0.717, 1.165) is 27.9 Å². The van der Waals surface area contributed by atoms with E-state index in [1.165, 1.54) is 0 Å². The molecule has 0 aliphatic carbocycles. The number of para-hydroxylation sites is 1. The summed E-state index contributed by atoms with van der Waals surface area (Å²) in [5, 5.41) is 10.2. The molecule has 4 nitrogen and oxygen atoms in total. The third-order valence-electron chi connectivity index (χ3n) is 3.57. The van der Waals surface area contributed by atoms with Crippen molar-refractivity contribution in [2.24, 2.45) is 0 Å². The molecule has 0 bridgehead atoms. The largest absolute Gasteiger partial charge is 0.496 e. The van der Waals surface area contributed by atoms with E-state index in [-0.39, 0.29) is 0 Å². The van der Waals surface area contributed by atoms with Crippen LogP contribution in [0.2, 0.25) is 0 Å². The fraction of sp³-hybridized carbons (Fsp3) is 0.118. The molecule has 2 aromatic carbocycles. The lowest BCUT2D eigenvalue weighted by Gasteiger charge is -2.11. The van der Waals surface area contributed by atoms with Gasteiger partial charge in [-0.1, -0.05) is 12.1 Å². The van der Waals surface area contributed by atoms with Crippen LogP contribution in [-0.4, -0.2) is 11.7 Å². The van der Waals surface area contributed by atoms with Gasteiger partial charge in [-0.15, -0.1) is 0 Å². The molecule has 3 aromatic rings. The van der Waals surface area contributed by atoms with Crippen LogP contribution in [0, 0.1) is 11.3 Å². The molecule has 104 valence electrons. The Morgan fingerprint density at radius 2 is 2.10 bits per heavy atom. The van der Waals surface area contributed by atoms with Gasteiger partial charge in [0.05, 0.1) is 36.5 Å². The molecule has 21 heavy (non-hydrogen) atoms. The van der Waals surface area contributed by atoms with Gasteiger partial charge in [0.1, 0.15) is 5.75 Å². The minimum atomic E-state index is 0.608. The van der Waals surface area contributed by atoms with Crippen molar-refractivity contribution in [1.29, 1.82) is 5.26 Å². The number of methoxy groups -OCH3 is 1. The molecule has 1 heterocycles. The maximum Gasteiger partial charge on any atom is 0.123 e. The molecule has 3 rings (SSSR count). The summed E-state index contributed by atoms with van der Waals surface area (Å²) in [5.74, 6) is 0.769. The Morgan fingerprint density at radius 3 is 2.86 bits per heavy atom. The quantitative estimate of drug-likeness (QED) is 0.748. The lowest BCUT2D eigenvalue weighted by Crippen LogP contribution is -2.02. The number of hydrogen-bond donors (Lipinski definition) is 1. The van der Waals surface area contributed by atoms with E-state index in [1.54, 1.807) is 13.2 Å². The average Bonchev–Trinajstić information content (AvgIpc) is 2.91. The molecule has 0 saturated carbocycles. The van der Waals surface area contributed by atoms with Crippen molar-refractivity contribution in [1.82, 2.24) is 4.57 Å². The van der Waals surface area contributed by atoms with Crippen LogP contribution in [0.4, 0.5) is 5.69 Å². The third kappa shape index (κ3) is 2.30. The first-order chi connectivity index (χ1) is 10.2. The molecule has 1 aromatic heterocycles. The van der Waals surface area contributed by atoms with Crippen molar-refractivity contribution >= 4 is 16.6 Å². The van der Waals surface area contributed by atoms with Crippen molar-refractivity contribution in [2.75, 3.05) is 12.8 Å². The van der Waals surface area contributed by atoms with Gasteiger partial charge in [-0.2, -0.15) is 5.26 Å². The number of hydrogen-bond acceptors (Lipinski definition) is 3. The number of nitrogens with two attached hydrogens (primary N) is 1. The number of benzene rings is 2. The van der Waals surface area contributed by atoms with Gasteiger partial charge in [-0.05, 0) is 30.3 Å². The van der Waals surface area contributed by atoms with Gasteiger partial charge < -0.3 is 15.0 Å². The van der Waals surface area contributed by atoms with Crippen LogP contribution < -0.4 is 10.5 Å². The number of ether oxygens (including phenoxy) is 1. The zero-order chi connectivity index (χ0) is 14.8. The molecule has 0 atom stereocenters. The highest BCUT2D eigenvalue weighted by Crippen LogP contribution is 2.26. The SMILES string of the molecule is COc1ccc(C#N)cc1Cn1ccc2cccc(N)c21. The molecule has 0 amide bonds. The first kappa shape index (κ1) is 13.1. The topological polar surface area (TPSA) is 64.0 Å². The van der Waals surface area contributed by atoms with Crippen molar-refractivity contribution in [3.63, 3.8) is 0 Å². The Kier molecular flexibility index (Phi) is 3.25. The molecular weight excluding hydrogens is 262 g/mol. The lowest BCUT2D eigenvalue weighted by atomic mass is 10.1. The number of rotatable bonds is 3. The van der Waals surface area contributed by atoms with E-state index in [9.17, 15) is 0 Å². The number of anilines is 1. The summed E-state index contributed by atoms with van der Waals surface area (Å²) in [7, 11) is 1.63. The minimum absolute atomic E-state index is 0.608. The van der Waals surface area contributed by atoms with Gasteiger partial charge >= 0.3 is 0 Å². The van der Waals surface area contributed by atoms with Gasteiger partial charge in [0.15, 0.2) is 0 Å². The predicted molar refractivity (Wildman–Crippen MR) is 83.2 cm³/mol. The summed E-state index contributed by atoms with van der Waals surface area (Å²) >= 11 is 0. The van der Waals surface area contributed by atoms with Crippen molar-refractivity contribution in [3.05, 3.63) is 59.8 Å². The summed E-state index contributed by atoms with van der Waals surface area (Å²) in [6.45, 7) is 0.608. The number of fused-ring (bicyclic) bond motifs is 1. The second kappa shape index (κ2) is 5.22. The Balaban J connectivity index is 2.09. The first-order valence-corrected chi connectivity index (χ1v) is 6.63. The van der Waals surface area contributed by atoms with Crippen LogP contribution in [0.1, 0.15) is 11.1 Å². The van der Waals surface area contributed by atoms with E-state index < -0.39 is 0 Å². The number of aromatic nitrogens is 1. The van der Waals surface area contributed by atoms with E-state index in [2.05, 4.69) is 10.6 Å². The highest BCUT2D eigenvalue weighted by atomic mass is 16.5. The zero-order valence-electron chi connectivity index (χ0n) is 11.7. The van der Waals surface area contributed by atoms with E-state index in [1.807, 2.05) is 42.6 Å². The number of nitriles is 1. The molecule has 0 aliphatic heterocycles. The molecule has 0 spiro atoms. The molecule has 0 unspecified atom stereocenters. The second-order valence-corrected chi connectivity index (χ2v) is 4.87. The molecule has 4 heteroatoms. The highest BCUT2D eigenvalue weighted by Gasteiger charge is 2.09. The summed E-state index contributed by atoms with van der Waals surface area (Å²) in [4.78, 5) is 0. The molecular formula is C17H15N3O. The highest BCUT2D eigenvalue weighted by molar-refractivity contribution is 5.90. The van der Waals surface area contributed by atoms with Gasteiger partial charge in [-0.3, -0.25) is 0 Å². The minimum Gasteiger partial charge on any atom is -0.496 e. The lowest BCUT2D eigenvalue weighted by molar-refractivity contribution is 0.408. The van der Waals surface area contributed by atoms with Crippen molar-refractivity contribution in [2.45, 2.75) is 6.54 Å². The van der Waals surface area contributed by atoms with E-state index in [0.29, 0.717) is 12.1 Å². The fourth-order valence-electron chi connectivity index (χ4n) is 2.58. The normalized spacial score (nSPS) is 10.5. The predicted octanol–water partition coefficient (Wildman–Crippen LogP) is 3.15. The molecule has 0 saturated heterocycles. The van der Waals surface area contributed by atoms with Gasteiger partial charge in [0.25, 0.3) is 0 Å². The van der Waals surface area contributed by atoms with Gasteiger partial charge in [0.2, 0.25) is 0 Å². The third-order valence-corrected chi connectivity index (χ3v) is 3.57. The van der Waals surface area contributed by atoms with Crippen LogP contribution in [0.3, 0.4) is 0 Å². The van der Waals surface area contributed by atoms with Gasteiger partial charge in [0, 0.05) is 17.1 Å². The van der Waals surface area contributed by atoms with Crippen LogP contribution in [0.15, 0.2) is 48.7 Å². The average molecular weight is 277 g/mol. The summed E-state index contributed by atoms with van der Waals surface area (Å²) < 4.78 is 7.45. The number of nitrogens with zero attached hydrogens (tertiary/aromatic N) is 2. The van der Waals surface area contributed by atoms with Crippen LogP contribution in [0.5, 0.6) is 5.75 Å². The van der Waals surface area contributed by atoms with Crippen molar-refractivity contribution < 1.29 is 4.74 Å².